The van der Waals surface area contributed by atoms with Crippen molar-refractivity contribution in [2.24, 2.45) is 5.92 Å². The van der Waals surface area contributed by atoms with Crippen LogP contribution in [-0.4, -0.2) is 12.9 Å². The maximum atomic E-state index is 13.3. The summed E-state index contributed by atoms with van der Waals surface area (Å²) in [5.74, 6) is 0.116. The van der Waals surface area contributed by atoms with Crippen LogP contribution in [0.1, 0.15) is 42.5 Å². The molecule has 1 fully saturated rings. The van der Waals surface area contributed by atoms with Gasteiger partial charge in [0.25, 0.3) is 0 Å². The number of benzene rings is 1. The average molecular weight is 236 g/mol. The Hall–Kier alpha value is -1.38. The summed E-state index contributed by atoms with van der Waals surface area (Å²) >= 11 is 0. The largest absolute Gasteiger partial charge is 0.497 e. The van der Waals surface area contributed by atoms with Gasteiger partial charge in [0, 0.05) is 17.5 Å². The molecule has 2 rings (SSSR count). The third kappa shape index (κ3) is 2.84. The number of ether oxygens (including phenoxy) is 1. The van der Waals surface area contributed by atoms with Crippen molar-refractivity contribution in [1.82, 2.24) is 0 Å². The van der Waals surface area contributed by atoms with Crippen molar-refractivity contribution in [3.63, 3.8) is 0 Å². The number of rotatable bonds is 3. The van der Waals surface area contributed by atoms with Gasteiger partial charge in [0.1, 0.15) is 11.6 Å². The lowest BCUT2D eigenvalue weighted by atomic mass is 9.84. The Morgan fingerprint density at radius 1 is 1.24 bits per heavy atom. The quantitative estimate of drug-likeness (QED) is 0.749. The molecule has 0 saturated heterocycles. The van der Waals surface area contributed by atoms with Gasteiger partial charge in [0.15, 0.2) is 5.78 Å². The summed E-state index contributed by atoms with van der Waals surface area (Å²) in [7, 11) is 1.48. The standard InChI is InChI=1S/C14H17FO2/c1-17-13-8-11(7-12(15)9-13)14(16)10-5-3-2-4-6-10/h7-10H,2-6H2,1H3. The minimum absolute atomic E-state index is 0.0579. The molecule has 92 valence electrons. The summed E-state index contributed by atoms with van der Waals surface area (Å²) in [5, 5.41) is 0. The topological polar surface area (TPSA) is 26.3 Å². The molecule has 0 radical (unpaired) electrons. The van der Waals surface area contributed by atoms with E-state index in [0.29, 0.717) is 11.3 Å². The molecule has 1 saturated carbocycles. The lowest BCUT2D eigenvalue weighted by molar-refractivity contribution is 0.0888. The van der Waals surface area contributed by atoms with Crippen molar-refractivity contribution in [2.45, 2.75) is 32.1 Å². The monoisotopic (exact) mass is 236 g/mol. The first-order chi connectivity index (χ1) is 8.20. The number of hydrogen-bond donors (Lipinski definition) is 0. The van der Waals surface area contributed by atoms with E-state index in [4.69, 9.17) is 4.74 Å². The molecule has 1 aliphatic carbocycles. The smallest absolute Gasteiger partial charge is 0.166 e. The van der Waals surface area contributed by atoms with Crippen LogP contribution < -0.4 is 4.74 Å². The van der Waals surface area contributed by atoms with Gasteiger partial charge in [-0.1, -0.05) is 19.3 Å². The first-order valence-corrected chi connectivity index (χ1v) is 6.09. The SMILES string of the molecule is COc1cc(F)cc(C(=O)C2CCCCC2)c1. The van der Waals surface area contributed by atoms with Crippen molar-refractivity contribution >= 4 is 5.78 Å². The molecule has 0 amide bonds. The third-order valence-electron chi connectivity index (χ3n) is 3.37. The Morgan fingerprint density at radius 3 is 2.59 bits per heavy atom. The fourth-order valence-corrected chi connectivity index (χ4v) is 2.42. The highest BCUT2D eigenvalue weighted by atomic mass is 19.1. The molecule has 0 N–H and O–H groups in total. The molecule has 0 heterocycles. The fraction of sp³-hybridized carbons (Fsp3) is 0.500. The molecule has 1 aliphatic rings. The molecule has 0 bridgehead atoms. The van der Waals surface area contributed by atoms with Gasteiger partial charge in [0.05, 0.1) is 7.11 Å². The predicted octanol–water partition coefficient (Wildman–Crippen LogP) is 3.60. The van der Waals surface area contributed by atoms with Crippen molar-refractivity contribution < 1.29 is 13.9 Å². The molecule has 0 unspecified atom stereocenters. The summed E-state index contributed by atoms with van der Waals surface area (Å²) in [6.07, 6.45) is 5.26. The Kier molecular flexibility index (Phi) is 3.77. The van der Waals surface area contributed by atoms with Crippen LogP contribution in [0.15, 0.2) is 18.2 Å². The Balaban J connectivity index is 2.20. The van der Waals surface area contributed by atoms with Crippen molar-refractivity contribution in [2.75, 3.05) is 7.11 Å². The summed E-state index contributed by atoms with van der Waals surface area (Å²) in [5.41, 5.74) is 0.439. The number of Topliss-reactive ketones (excluding diaryl/α,β-unsaturated/α-hetero) is 1. The Bertz CT molecular complexity index is 409. The van der Waals surface area contributed by atoms with Crippen molar-refractivity contribution in [3.8, 4) is 5.75 Å². The zero-order valence-electron chi connectivity index (χ0n) is 10.0. The number of carbonyl (C=O) groups excluding carboxylic acids is 1. The molecule has 2 nitrogen and oxygen atoms in total. The van der Waals surface area contributed by atoms with Crippen LogP contribution in [0, 0.1) is 11.7 Å². The van der Waals surface area contributed by atoms with Gasteiger partial charge in [-0.2, -0.15) is 0 Å². The van der Waals surface area contributed by atoms with Gasteiger partial charge in [-0.25, -0.2) is 4.39 Å². The van der Waals surface area contributed by atoms with Gasteiger partial charge in [0.2, 0.25) is 0 Å². The fourth-order valence-electron chi connectivity index (χ4n) is 2.42. The maximum Gasteiger partial charge on any atom is 0.166 e. The highest BCUT2D eigenvalue weighted by molar-refractivity contribution is 5.98. The molecule has 0 aromatic heterocycles. The molecule has 1 aromatic carbocycles. The highest BCUT2D eigenvalue weighted by Crippen LogP contribution is 2.28. The van der Waals surface area contributed by atoms with Crippen molar-refractivity contribution in [1.29, 1.82) is 0 Å². The molecule has 0 aliphatic heterocycles. The van der Waals surface area contributed by atoms with Crippen LogP contribution in [0.2, 0.25) is 0 Å². The minimum atomic E-state index is -0.413. The Labute approximate surface area is 101 Å². The normalized spacial score (nSPS) is 16.8. The van der Waals surface area contributed by atoms with E-state index in [9.17, 15) is 9.18 Å². The van der Waals surface area contributed by atoms with Crippen LogP contribution >= 0.6 is 0 Å². The average Bonchev–Trinajstić information content (AvgIpc) is 2.38. The first kappa shape index (κ1) is 12.1. The predicted molar refractivity (Wildman–Crippen MR) is 63.9 cm³/mol. The number of hydrogen-bond acceptors (Lipinski definition) is 2. The molecule has 3 heteroatoms. The van der Waals surface area contributed by atoms with Gasteiger partial charge in [-0.05, 0) is 25.0 Å². The zero-order chi connectivity index (χ0) is 12.3. The molecule has 17 heavy (non-hydrogen) atoms. The van der Waals surface area contributed by atoms with Gasteiger partial charge in [-0.3, -0.25) is 4.79 Å². The summed E-state index contributed by atoms with van der Waals surface area (Å²) < 4.78 is 18.3. The van der Waals surface area contributed by atoms with E-state index in [-0.39, 0.29) is 11.7 Å². The van der Waals surface area contributed by atoms with Crippen LogP contribution in [0.5, 0.6) is 5.75 Å². The number of carbonyl (C=O) groups is 1. The van der Waals surface area contributed by atoms with Crippen LogP contribution in [0.25, 0.3) is 0 Å². The van der Waals surface area contributed by atoms with Gasteiger partial charge < -0.3 is 4.74 Å². The number of halogens is 1. The van der Waals surface area contributed by atoms with E-state index in [1.54, 1.807) is 6.07 Å². The maximum absolute atomic E-state index is 13.3. The van der Waals surface area contributed by atoms with Gasteiger partial charge >= 0.3 is 0 Å². The second kappa shape index (κ2) is 5.30. The summed E-state index contributed by atoms with van der Waals surface area (Å²) in [6.45, 7) is 0. The Morgan fingerprint density at radius 2 is 1.94 bits per heavy atom. The van der Waals surface area contributed by atoms with E-state index in [2.05, 4.69) is 0 Å². The van der Waals surface area contributed by atoms with E-state index >= 15 is 0 Å². The molecular formula is C14H17FO2. The van der Waals surface area contributed by atoms with Crippen LogP contribution in [0.3, 0.4) is 0 Å². The number of methoxy groups -OCH3 is 1. The highest BCUT2D eigenvalue weighted by Gasteiger charge is 2.23. The molecule has 1 aromatic rings. The zero-order valence-corrected chi connectivity index (χ0v) is 10.0. The molecule has 0 spiro atoms. The van der Waals surface area contributed by atoms with E-state index in [1.165, 1.54) is 25.7 Å². The van der Waals surface area contributed by atoms with Crippen LogP contribution in [-0.2, 0) is 0 Å². The van der Waals surface area contributed by atoms with Crippen molar-refractivity contribution in [3.05, 3.63) is 29.6 Å². The minimum Gasteiger partial charge on any atom is -0.497 e. The lowest BCUT2D eigenvalue weighted by Crippen LogP contribution is -2.18. The third-order valence-corrected chi connectivity index (χ3v) is 3.37. The first-order valence-electron chi connectivity index (χ1n) is 6.09. The van der Waals surface area contributed by atoms with E-state index in [0.717, 1.165) is 25.7 Å². The molecule has 0 atom stereocenters. The second-order valence-corrected chi connectivity index (χ2v) is 4.58. The van der Waals surface area contributed by atoms with E-state index < -0.39 is 5.82 Å². The van der Waals surface area contributed by atoms with E-state index in [1.807, 2.05) is 0 Å². The van der Waals surface area contributed by atoms with Gasteiger partial charge in [-0.15, -0.1) is 0 Å². The van der Waals surface area contributed by atoms with Crippen LogP contribution in [0.4, 0.5) is 4.39 Å². The number of ketones is 1. The lowest BCUT2D eigenvalue weighted by Gasteiger charge is -2.20. The summed E-state index contributed by atoms with van der Waals surface area (Å²) in [6, 6.07) is 4.22. The summed E-state index contributed by atoms with van der Waals surface area (Å²) in [4.78, 5) is 12.2. The second-order valence-electron chi connectivity index (χ2n) is 4.58. The molecular weight excluding hydrogens is 219 g/mol.